The van der Waals surface area contributed by atoms with Crippen molar-refractivity contribution in [3.63, 3.8) is 0 Å². The molecule has 222 valence electrons. The first kappa shape index (κ1) is 31.1. The number of alkyl carbamates (subject to hydrolysis) is 1. The highest BCUT2D eigenvalue weighted by molar-refractivity contribution is 6.44. The molecule has 0 aliphatic rings. The number of carbonyl (C=O) groups excluding carboxylic acids is 2. The van der Waals surface area contributed by atoms with Gasteiger partial charge in [-0.1, -0.05) is 12.5 Å². The summed E-state index contributed by atoms with van der Waals surface area (Å²) < 4.78 is 12.9. The third kappa shape index (κ3) is 9.31. The summed E-state index contributed by atoms with van der Waals surface area (Å²) >= 11 is 0. The van der Waals surface area contributed by atoms with E-state index in [1.807, 2.05) is 56.2 Å². The zero-order valence-electron chi connectivity index (χ0n) is 25.1. The van der Waals surface area contributed by atoms with E-state index >= 15 is 0 Å². The molecule has 4 aromatic rings. The van der Waals surface area contributed by atoms with E-state index in [1.165, 1.54) is 0 Å². The van der Waals surface area contributed by atoms with Gasteiger partial charge in [-0.15, -0.1) is 5.54 Å². The average Bonchev–Trinajstić information content (AvgIpc) is 3.39. The largest absolute Gasteiger partial charge is 0.492 e. The van der Waals surface area contributed by atoms with E-state index in [0.29, 0.717) is 21.2 Å². The highest BCUT2D eigenvalue weighted by atomic mass is 28.2. The first-order valence-corrected chi connectivity index (χ1v) is 15.2. The molecule has 2 aromatic heterocycles. The van der Waals surface area contributed by atoms with Crippen LogP contribution in [0.2, 0.25) is 6.55 Å². The summed E-state index contributed by atoms with van der Waals surface area (Å²) in [5, 5.41) is 13.8. The molecule has 12 heteroatoms. The summed E-state index contributed by atoms with van der Waals surface area (Å²) in [6.45, 7) is 9.34. The fourth-order valence-electron chi connectivity index (χ4n) is 3.97. The zero-order valence-corrected chi connectivity index (χ0v) is 26.1. The van der Waals surface area contributed by atoms with E-state index in [4.69, 9.17) is 9.47 Å². The maximum Gasteiger partial charge on any atom is 0.408 e. The molecule has 2 aromatic carbocycles. The first-order valence-electron chi connectivity index (χ1n) is 13.7. The van der Waals surface area contributed by atoms with E-state index in [1.54, 1.807) is 44.8 Å². The van der Waals surface area contributed by atoms with Crippen molar-refractivity contribution in [2.45, 2.75) is 45.9 Å². The van der Waals surface area contributed by atoms with Crippen LogP contribution in [-0.4, -0.2) is 66.1 Å². The standard InChI is InChI=1S/C31H35N7O4Si/c1-20(35-30(40)42-31(2,3)4)28(39)32-10-11-41-26-15-22(24-18-34-38(5)19-24)14-25(16-26)36-29-33-17-23-13-21(9-12-43-6)7-8-27(23)37-29/h7-8,13-20H,10-11H2,1-6H3,(H,32,39)(H,35,40)(H,33,36,37). The van der Waals surface area contributed by atoms with Gasteiger partial charge in [-0.3, -0.25) is 9.48 Å². The molecule has 0 saturated heterocycles. The summed E-state index contributed by atoms with van der Waals surface area (Å²) in [6, 6.07) is 10.8. The smallest absolute Gasteiger partial charge is 0.408 e. The third-order valence-corrected chi connectivity index (χ3v) is 6.28. The Hall–Kier alpha value is -4.89. The molecule has 2 amide bonds. The van der Waals surface area contributed by atoms with Crippen LogP contribution >= 0.6 is 0 Å². The number of aromatic nitrogens is 4. The number of carbonyl (C=O) groups is 2. The minimum atomic E-state index is -0.766. The number of fused-ring (bicyclic) bond motifs is 1. The summed E-state index contributed by atoms with van der Waals surface area (Å²) in [6.07, 6.45) is 4.80. The van der Waals surface area contributed by atoms with Crippen LogP contribution in [0.3, 0.4) is 0 Å². The number of benzene rings is 2. The molecule has 1 unspecified atom stereocenters. The van der Waals surface area contributed by atoms with E-state index < -0.39 is 17.7 Å². The van der Waals surface area contributed by atoms with Crippen LogP contribution < -0.4 is 20.7 Å². The second kappa shape index (κ2) is 13.8. The third-order valence-electron chi connectivity index (χ3n) is 5.91. The van der Waals surface area contributed by atoms with Gasteiger partial charge in [0.1, 0.15) is 33.5 Å². The lowest BCUT2D eigenvalue weighted by molar-refractivity contribution is -0.122. The monoisotopic (exact) mass is 597 g/mol. The molecule has 0 spiro atoms. The quantitative estimate of drug-likeness (QED) is 0.148. The number of ether oxygens (including phenoxy) is 2. The van der Waals surface area contributed by atoms with Crippen molar-refractivity contribution in [3.05, 3.63) is 60.6 Å². The minimum absolute atomic E-state index is 0.205. The Morgan fingerprint density at radius 1 is 1.12 bits per heavy atom. The van der Waals surface area contributed by atoms with Crippen LogP contribution in [0, 0.1) is 11.5 Å². The average molecular weight is 598 g/mol. The number of hydrogen-bond donors (Lipinski definition) is 3. The molecule has 2 heterocycles. The van der Waals surface area contributed by atoms with E-state index in [9.17, 15) is 9.59 Å². The van der Waals surface area contributed by atoms with Gasteiger partial charge in [-0.05, 0) is 63.6 Å². The van der Waals surface area contributed by atoms with Gasteiger partial charge in [0, 0.05) is 47.7 Å². The van der Waals surface area contributed by atoms with Crippen molar-refractivity contribution < 1.29 is 19.1 Å². The van der Waals surface area contributed by atoms with Gasteiger partial charge in [0.15, 0.2) is 0 Å². The van der Waals surface area contributed by atoms with E-state index in [2.05, 4.69) is 42.5 Å². The maximum atomic E-state index is 12.4. The number of nitrogens with zero attached hydrogens (tertiary/aromatic N) is 4. The number of rotatable bonds is 9. The van der Waals surface area contributed by atoms with Gasteiger partial charge < -0.3 is 25.4 Å². The normalized spacial score (nSPS) is 11.7. The van der Waals surface area contributed by atoms with Gasteiger partial charge in [-0.2, -0.15) is 5.10 Å². The molecule has 0 aliphatic heterocycles. The van der Waals surface area contributed by atoms with E-state index in [0.717, 1.165) is 33.3 Å². The summed E-state index contributed by atoms with van der Waals surface area (Å²) in [5.74, 6) is 3.82. The number of amides is 2. The molecule has 0 aliphatic carbocycles. The Balaban J connectivity index is 1.43. The Kier molecular flexibility index (Phi) is 10.00. The van der Waals surface area contributed by atoms with Gasteiger partial charge >= 0.3 is 6.09 Å². The molecule has 11 nitrogen and oxygen atoms in total. The summed E-state index contributed by atoms with van der Waals surface area (Å²) in [4.78, 5) is 33.6. The van der Waals surface area contributed by atoms with Gasteiger partial charge in [0.25, 0.3) is 0 Å². The Morgan fingerprint density at radius 3 is 2.65 bits per heavy atom. The molecule has 2 radical (unpaired) electrons. The lowest BCUT2D eigenvalue weighted by Gasteiger charge is -2.21. The number of nitrogens with one attached hydrogen (secondary N) is 3. The maximum absolute atomic E-state index is 12.4. The van der Waals surface area contributed by atoms with Crippen LogP contribution in [0.5, 0.6) is 5.75 Å². The first-order chi connectivity index (χ1) is 20.5. The number of anilines is 2. The molecule has 4 rings (SSSR count). The number of hydrogen-bond acceptors (Lipinski definition) is 8. The van der Waals surface area contributed by atoms with Gasteiger partial charge in [-0.25, -0.2) is 14.8 Å². The van der Waals surface area contributed by atoms with Crippen molar-refractivity contribution in [2.24, 2.45) is 7.05 Å². The second-order valence-electron chi connectivity index (χ2n) is 10.7. The molecule has 0 saturated carbocycles. The van der Waals surface area contributed by atoms with Crippen LogP contribution in [0.4, 0.5) is 16.4 Å². The van der Waals surface area contributed by atoms with Crippen LogP contribution in [0.1, 0.15) is 33.3 Å². The van der Waals surface area contributed by atoms with Gasteiger partial charge in [0.05, 0.1) is 18.3 Å². The fraction of sp³-hybridized carbons (Fsp3) is 0.323. The van der Waals surface area contributed by atoms with Crippen molar-refractivity contribution in [3.8, 4) is 28.3 Å². The lowest BCUT2D eigenvalue weighted by atomic mass is 10.1. The van der Waals surface area contributed by atoms with Crippen molar-refractivity contribution in [1.82, 2.24) is 30.4 Å². The minimum Gasteiger partial charge on any atom is -0.492 e. The van der Waals surface area contributed by atoms with Crippen molar-refractivity contribution >= 4 is 44.1 Å². The summed E-state index contributed by atoms with van der Waals surface area (Å²) in [5.41, 5.74) is 6.70. The van der Waals surface area contributed by atoms with E-state index in [-0.39, 0.29) is 19.1 Å². The fourth-order valence-corrected chi connectivity index (χ4v) is 4.24. The summed E-state index contributed by atoms with van der Waals surface area (Å²) in [7, 11) is 2.42. The van der Waals surface area contributed by atoms with Crippen LogP contribution in [0.15, 0.2) is 55.0 Å². The molecular weight excluding hydrogens is 562 g/mol. The van der Waals surface area contributed by atoms with Crippen molar-refractivity contribution in [2.75, 3.05) is 18.5 Å². The zero-order chi connectivity index (χ0) is 31.0. The molecule has 3 N–H and O–H groups in total. The van der Waals surface area contributed by atoms with Crippen LogP contribution in [0.25, 0.3) is 22.0 Å². The number of aryl methyl sites for hydroxylation is 1. The molecule has 43 heavy (non-hydrogen) atoms. The lowest BCUT2D eigenvalue weighted by Crippen LogP contribution is -2.47. The van der Waals surface area contributed by atoms with Gasteiger partial charge in [0.2, 0.25) is 11.9 Å². The predicted octanol–water partition coefficient (Wildman–Crippen LogP) is 4.24. The highest BCUT2D eigenvalue weighted by Gasteiger charge is 2.20. The molecule has 0 bridgehead atoms. The molecule has 1 atom stereocenters. The Labute approximate surface area is 253 Å². The topological polar surface area (TPSA) is 132 Å². The Bertz CT molecular complexity index is 1670. The molecular formula is C31H35N7O4Si. The van der Waals surface area contributed by atoms with Crippen LogP contribution in [-0.2, 0) is 16.6 Å². The predicted molar refractivity (Wildman–Crippen MR) is 167 cm³/mol. The molecule has 0 fully saturated rings. The van der Waals surface area contributed by atoms with Crippen molar-refractivity contribution in [1.29, 1.82) is 0 Å². The Morgan fingerprint density at radius 2 is 1.93 bits per heavy atom. The highest BCUT2D eigenvalue weighted by Crippen LogP contribution is 2.30. The SMILES string of the molecule is C[Si]C#Cc1ccc2nc(Nc3cc(OCCNC(=O)C(C)NC(=O)OC(C)(C)C)cc(-c4cnn(C)c4)c3)ncc2c1. The second-order valence-corrected chi connectivity index (χ2v) is 11.5.